The predicted molar refractivity (Wildman–Crippen MR) is 123 cm³/mol. The number of hydrogen-bond acceptors (Lipinski definition) is 5. The van der Waals surface area contributed by atoms with Crippen molar-refractivity contribution in [3.63, 3.8) is 0 Å². The molecule has 2 aromatic carbocycles. The van der Waals surface area contributed by atoms with Gasteiger partial charge in [0.1, 0.15) is 5.82 Å². The Bertz CT molecular complexity index is 1150. The van der Waals surface area contributed by atoms with E-state index in [2.05, 4.69) is 27.4 Å². The smallest absolute Gasteiger partial charge is 0.254 e. The number of allylic oxidation sites excluding steroid dienone is 1. The Balaban J connectivity index is 1.61. The van der Waals surface area contributed by atoms with Crippen molar-refractivity contribution in [3.05, 3.63) is 83.5 Å². The summed E-state index contributed by atoms with van der Waals surface area (Å²) in [6.45, 7) is 8.20. The molecule has 0 spiro atoms. The van der Waals surface area contributed by atoms with Crippen molar-refractivity contribution < 1.29 is 14.0 Å². The van der Waals surface area contributed by atoms with Crippen LogP contribution in [0.1, 0.15) is 27.3 Å². The second-order valence-corrected chi connectivity index (χ2v) is 8.04. The van der Waals surface area contributed by atoms with Crippen molar-refractivity contribution in [1.29, 1.82) is 0 Å². The lowest BCUT2D eigenvalue weighted by Gasteiger charge is -2.10. The van der Waals surface area contributed by atoms with E-state index in [4.69, 9.17) is 0 Å². The maximum Gasteiger partial charge on any atom is 0.254 e. The first-order valence-electron chi connectivity index (χ1n) is 9.94. The van der Waals surface area contributed by atoms with Crippen LogP contribution in [-0.2, 0) is 17.9 Å². The molecule has 0 saturated carbocycles. The van der Waals surface area contributed by atoms with Crippen molar-refractivity contribution in [2.24, 2.45) is 0 Å². The highest BCUT2D eigenvalue weighted by atomic mass is 32.2. The van der Waals surface area contributed by atoms with Gasteiger partial charge in [-0.25, -0.2) is 4.39 Å². The summed E-state index contributed by atoms with van der Waals surface area (Å²) < 4.78 is 15.5. The molecule has 0 atom stereocenters. The number of amides is 2. The summed E-state index contributed by atoms with van der Waals surface area (Å²) in [5.41, 5.74) is 2.95. The van der Waals surface area contributed by atoms with Crippen LogP contribution < -0.4 is 10.6 Å². The van der Waals surface area contributed by atoms with Crippen LogP contribution in [0.15, 0.2) is 60.3 Å². The van der Waals surface area contributed by atoms with E-state index in [1.165, 1.54) is 30.0 Å². The van der Waals surface area contributed by atoms with E-state index in [9.17, 15) is 14.0 Å². The van der Waals surface area contributed by atoms with Gasteiger partial charge in [-0.2, -0.15) is 0 Å². The molecule has 3 rings (SSSR count). The highest BCUT2D eigenvalue weighted by Gasteiger charge is 2.16. The fourth-order valence-corrected chi connectivity index (χ4v) is 3.68. The van der Waals surface area contributed by atoms with Gasteiger partial charge in [0.25, 0.3) is 5.91 Å². The molecule has 7 nitrogen and oxygen atoms in total. The first kappa shape index (κ1) is 23.2. The zero-order valence-corrected chi connectivity index (χ0v) is 18.7. The highest BCUT2D eigenvalue weighted by molar-refractivity contribution is 7.99. The van der Waals surface area contributed by atoms with E-state index in [1.54, 1.807) is 16.7 Å². The number of carbonyl (C=O) groups is 2. The van der Waals surface area contributed by atoms with Gasteiger partial charge in [0.2, 0.25) is 5.91 Å². The highest BCUT2D eigenvalue weighted by Crippen LogP contribution is 2.19. The topological polar surface area (TPSA) is 88.9 Å². The number of hydrogen-bond donors (Lipinski definition) is 2. The summed E-state index contributed by atoms with van der Waals surface area (Å²) in [5, 5.41) is 14.3. The van der Waals surface area contributed by atoms with Crippen LogP contribution in [0.25, 0.3) is 0 Å². The van der Waals surface area contributed by atoms with Crippen molar-refractivity contribution in [1.82, 2.24) is 20.1 Å². The molecular weight excluding hydrogens is 429 g/mol. The minimum Gasteiger partial charge on any atom is -0.345 e. The molecule has 0 aliphatic heterocycles. The van der Waals surface area contributed by atoms with Gasteiger partial charge in [0.05, 0.1) is 17.9 Å². The van der Waals surface area contributed by atoms with Crippen LogP contribution in [0.4, 0.5) is 10.1 Å². The van der Waals surface area contributed by atoms with E-state index in [0.717, 1.165) is 16.8 Å². The second-order valence-electron chi connectivity index (χ2n) is 7.10. The molecule has 0 fully saturated rings. The average Bonchev–Trinajstić information content (AvgIpc) is 3.15. The summed E-state index contributed by atoms with van der Waals surface area (Å²) in [6.07, 6.45) is 1.67. The molecule has 2 N–H and O–H groups in total. The largest absolute Gasteiger partial charge is 0.345 e. The monoisotopic (exact) mass is 453 g/mol. The van der Waals surface area contributed by atoms with Crippen LogP contribution in [0.2, 0.25) is 0 Å². The van der Waals surface area contributed by atoms with Crippen LogP contribution in [0.3, 0.4) is 0 Å². The van der Waals surface area contributed by atoms with Crippen molar-refractivity contribution in [2.45, 2.75) is 32.1 Å². The molecule has 0 unspecified atom stereocenters. The van der Waals surface area contributed by atoms with Crippen molar-refractivity contribution in [2.75, 3.05) is 11.1 Å². The lowest BCUT2D eigenvalue weighted by atomic mass is 10.1. The second kappa shape index (κ2) is 10.7. The Morgan fingerprint density at radius 3 is 2.66 bits per heavy atom. The van der Waals surface area contributed by atoms with Crippen LogP contribution in [0.5, 0.6) is 0 Å². The molecule has 2 amide bonds. The first-order chi connectivity index (χ1) is 15.4. The van der Waals surface area contributed by atoms with Gasteiger partial charge in [-0.3, -0.25) is 9.59 Å². The maximum atomic E-state index is 13.8. The number of rotatable bonds is 9. The molecule has 0 aliphatic carbocycles. The molecule has 0 radical (unpaired) electrons. The molecule has 0 aliphatic rings. The van der Waals surface area contributed by atoms with Crippen LogP contribution in [0, 0.1) is 19.7 Å². The summed E-state index contributed by atoms with van der Waals surface area (Å²) in [5.74, 6) is -0.682. The Morgan fingerprint density at radius 1 is 1.16 bits per heavy atom. The third kappa shape index (κ3) is 5.82. The zero-order chi connectivity index (χ0) is 23.1. The van der Waals surface area contributed by atoms with E-state index in [1.807, 2.05) is 32.0 Å². The number of thioether (sulfide) groups is 1. The summed E-state index contributed by atoms with van der Waals surface area (Å²) in [4.78, 5) is 24.6. The third-order valence-corrected chi connectivity index (χ3v) is 5.72. The number of nitrogens with one attached hydrogen (secondary N) is 2. The van der Waals surface area contributed by atoms with Gasteiger partial charge < -0.3 is 15.2 Å². The Labute approximate surface area is 190 Å². The SMILES string of the molecule is C=CCn1c(CNC(=O)c2ccccc2F)nnc1SCC(=O)Nc1ccc(C)c(C)c1. The maximum absolute atomic E-state index is 13.8. The van der Waals surface area contributed by atoms with Gasteiger partial charge in [0.15, 0.2) is 11.0 Å². The number of halogens is 1. The molecule has 1 aromatic heterocycles. The number of carbonyl (C=O) groups excluding carboxylic acids is 2. The van der Waals surface area contributed by atoms with Crippen molar-refractivity contribution >= 4 is 29.3 Å². The average molecular weight is 454 g/mol. The molecule has 32 heavy (non-hydrogen) atoms. The quantitative estimate of drug-likeness (QED) is 0.379. The molecule has 0 bridgehead atoms. The number of anilines is 1. The number of aryl methyl sites for hydroxylation is 2. The lowest BCUT2D eigenvalue weighted by Crippen LogP contribution is -2.25. The molecule has 3 aromatic rings. The fourth-order valence-electron chi connectivity index (χ4n) is 2.92. The van der Waals surface area contributed by atoms with Gasteiger partial charge in [-0.1, -0.05) is 36.0 Å². The van der Waals surface area contributed by atoms with E-state index in [-0.39, 0.29) is 23.8 Å². The fraction of sp³-hybridized carbons (Fsp3) is 0.217. The Hall–Kier alpha value is -3.46. The number of nitrogens with zero attached hydrogens (tertiary/aromatic N) is 3. The Kier molecular flexibility index (Phi) is 7.77. The van der Waals surface area contributed by atoms with Gasteiger partial charge in [-0.05, 0) is 49.2 Å². The van der Waals surface area contributed by atoms with Gasteiger partial charge in [0, 0.05) is 12.2 Å². The lowest BCUT2D eigenvalue weighted by molar-refractivity contribution is -0.113. The van der Waals surface area contributed by atoms with Gasteiger partial charge in [-0.15, -0.1) is 16.8 Å². The van der Waals surface area contributed by atoms with Crippen molar-refractivity contribution in [3.8, 4) is 0 Å². The molecule has 1 heterocycles. The zero-order valence-electron chi connectivity index (χ0n) is 17.9. The van der Waals surface area contributed by atoms with E-state index < -0.39 is 11.7 Å². The minimum absolute atomic E-state index is 0.0418. The number of benzene rings is 2. The van der Waals surface area contributed by atoms with Crippen LogP contribution >= 0.6 is 11.8 Å². The summed E-state index contributed by atoms with van der Waals surface area (Å²) in [7, 11) is 0. The summed E-state index contributed by atoms with van der Waals surface area (Å²) >= 11 is 1.23. The normalized spacial score (nSPS) is 10.6. The Morgan fingerprint density at radius 2 is 1.94 bits per heavy atom. The molecule has 9 heteroatoms. The first-order valence-corrected chi connectivity index (χ1v) is 10.9. The standard InChI is InChI=1S/C23H24FN5O2S/c1-4-11-29-20(13-25-22(31)18-7-5-6-8-19(18)24)27-28-23(29)32-14-21(30)26-17-10-9-15(2)16(3)12-17/h4-10,12H,1,11,13-14H2,2-3H3,(H,25,31)(H,26,30). The third-order valence-electron chi connectivity index (χ3n) is 4.75. The van der Waals surface area contributed by atoms with E-state index in [0.29, 0.717) is 17.5 Å². The molecule has 0 saturated heterocycles. The van der Waals surface area contributed by atoms with E-state index >= 15 is 0 Å². The van der Waals surface area contributed by atoms with Gasteiger partial charge >= 0.3 is 0 Å². The molecular formula is C23H24FN5O2S. The molecule has 166 valence electrons. The number of aromatic nitrogens is 3. The summed E-state index contributed by atoms with van der Waals surface area (Å²) in [6, 6.07) is 11.5. The predicted octanol–water partition coefficient (Wildman–Crippen LogP) is 3.88. The van der Waals surface area contributed by atoms with Crippen LogP contribution in [-0.4, -0.2) is 32.3 Å². The minimum atomic E-state index is -0.594.